The smallest absolute Gasteiger partial charge is 0.123 e. The zero-order valence-electron chi connectivity index (χ0n) is 13.2. The summed E-state index contributed by atoms with van der Waals surface area (Å²) < 4.78 is 5.89. The van der Waals surface area contributed by atoms with Crippen molar-refractivity contribution in [3.63, 3.8) is 0 Å². The molecule has 0 bridgehead atoms. The van der Waals surface area contributed by atoms with Gasteiger partial charge in [-0.05, 0) is 69.9 Å². The van der Waals surface area contributed by atoms with Gasteiger partial charge in [-0.3, -0.25) is 0 Å². The Hall–Kier alpha value is -1.28. The van der Waals surface area contributed by atoms with Gasteiger partial charge in [-0.1, -0.05) is 12.6 Å². The molecule has 0 radical (unpaired) electrons. The molecule has 0 aromatic heterocycles. The van der Waals surface area contributed by atoms with Crippen molar-refractivity contribution in [1.29, 1.82) is 0 Å². The molecular formula is C17H27NO. The Morgan fingerprint density at radius 2 is 1.84 bits per heavy atom. The Morgan fingerprint density at radius 3 is 2.42 bits per heavy atom. The Morgan fingerprint density at radius 1 is 1.21 bits per heavy atom. The van der Waals surface area contributed by atoms with Crippen molar-refractivity contribution in [1.82, 2.24) is 5.32 Å². The minimum atomic E-state index is 0.110. The maximum absolute atomic E-state index is 5.89. The van der Waals surface area contributed by atoms with E-state index in [1.807, 2.05) is 0 Å². The minimum Gasteiger partial charge on any atom is -0.489 e. The summed E-state index contributed by atoms with van der Waals surface area (Å²) in [5, 5.41) is 3.42. The van der Waals surface area contributed by atoms with Crippen LogP contribution >= 0.6 is 0 Å². The normalized spacial score (nSPS) is 11.5. The lowest BCUT2D eigenvalue weighted by Gasteiger charge is -2.21. The lowest BCUT2D eigenvalue weighted by atomic mass is 10.1. The highest BCUT2D eigenvalue weighted by molar-refractivity contribution is 5.42. The summed E-state index contributed by atoms with van der Waals surface area (Å²) >= 11 is 0. The molecule has 0 atom stereocenters. The Kier molecular flexibility index (Phi) is 5.19. The molecule has 0 heterocycles. The first-order valence-electron chi connectivity index (χ1n) is 6.81. The summed E-state index contributed by atoms with van der Waals surface area (Å²) in [5.74, 6) is 0.967. The molecule has 0 saturated heterocycles. The maximum atomic E-state index is 5.89. The van der Waals surface area contributed by atoms with E-state index in [9.17, 15) is 0 Å². The summed E-state index contributed by atoms with van der Waals surface area (Å²) in [5.41, 5.74) is 4.89. The summed E-state index contributed by atoms with van der Waals surface area (Å²) in [4.78, 5) is 0. The Balaban J connectivity index is 2.55. The van der Waals surface area contributed by atoms with Gasteiger partial charge in [0.2, 0.25) is 0 Å². The van der Waals surface area contributed by atoms with Gasteiger partial charge in [0.05, 0.1) is 0 Å². The average molecular weight is 261 g/mol. The standard InChI is InChI=1S/C17H27NO/c1-12-8-14(3)15(4)16(9-12)19-11-13(2)10-18-17(5,6)7/h8-9,18H,2,10-11H2,1,3-7H3. The first-order valence-corrected chi connectivity index (χ1v) is 6.81. The largest absolute Gasteiger partial charge is 0.489 e. The predicted octanol–water partition coefficient (Wildman–Crippen LogP) is 3.93. The number of hydrogen-bond donors (Lipinski definition) is 1. The second-order valence-corrected chi connectivity index (χ2v) is 6.35. The summed E-state index contributed by atoms with van der Waals surface area (Å²) in [6, 6.07) is 4.27. The summed E-state index contributed by atoms with van der Waals surface area (Å²) in [6.07, 6.45) is 0. The molecule has 2 nitrogen and oxygen atoms in total. The van der Waals surface area contributed by atoms with Crippen LogP contribution in [-0.2, 0) is 0 Å². The third kappa shape index (κ3) is 5.48. The molecule has 1 rings (SSSR count). The maximum Gasteiger partial charge on any atom is 0.123 e. The van der Waals surface area contributed by atoms with E-state index in [1.165, 1.54) is 16.7 Å². The quantitative estimate of drug-likeness (QED) is 0.811. The summed E-state index contributed by atoms with van der Waals surface area (Å²) in [7, 11) is 0. The van der Waals surface area contributed by atoms with Gasteiger partial charge < -0.3 is 10.1 Å². The number of ether oxygens (including phenoxy) is 1. The number of rotatable bonds is 5. The monoisotopic (exact) mass is 261 g/mol. The van der Waals surface area contributed by atoms with E-state index in [0.717, 1.165) is 17.9 Å². The first-order chi connectivity index (χ1) is 8.69. The molecule has 0 fully saturated rings. The molecule has 0 saturated carbocycles. The molecule has 0 aliphatic rings. The molecule has 0 aliphatic heterocycles. The van der Waals surface area contributed by atoms with Crippen LogP contribution in [0, 0.1) is 20.8 Å². The molecule has 1 N–H and O–H groups in total. The van der Waals surface area contributed by atoms with Crippen LogP contribution in [0.4, 0.5) is 0 Å². The fourth-order valence-electron chi connectivity index (χ4n) is 1.77. The van der Waals surface area contributed by atoms with Gasteiger partial charge in [0.25, 0.3) is 0 Å². The second-order valence-electron chi connectivity index (χ2n) is 6.35. The predicted molar refractivity (Wildman–Crippen MR) is 83.0 cm³/mol. The number of aryl methyl sites for hydroxylation is 2. The van der Waals surface area contributed by atoms with E-state index in [1.54, 1.807) is 0 Å². The van der Waals surface area contributed by atoms with Crippen molar-refractivity contribution in [2.45, 2.75) is 47.1 Å². The minimum absolute atomic E-state index is 0.110. The number of nitrogens with one attached hydrogen (secondary N) is 1. The van der Waals surface area contributed by atoms with E-state index in [4.69, 9.17) is 4.74 Å². The van der Waals surface area contributed by atoms with E-state index in [-0.39, 0.29) is 5.54 Å². The average Bonchev–Trinajstić information content (AvgIpc) is 2.28. The Bertz CT molecular complexity index is 455. The lowest BCUT2D eigenvalue weighted by molar-refractivity contribution is 0.339. The lowest BCUT2D eigenvalue weighted by Crippen LogP contribution is -2.37. The van der Waals surface area contributed by atoms with Crippen molar-refractivity contribution in [2.75, 3.05) is 13.2 Å². The van der Waals surface area contributed by atoms with Gasteiger partial charge in [-0.2, -0.15) is 0 Å². The topological polar surface area (TPSA) is 21.3 Å². The third-order valence-corrected chi connectivity index (χ3v) is 3.06. The first kappa shape index (κ1) is 15.8. The molecule has 0 aliphatic carbocycles. The van der Waals surface area contributed by atoms with Crippen molar-refractivity contribution >= 4 is 0 Å². The zero-order valence-corrected chi connectivity index (χ0v) is 13.2. The second kappa shape index (κ2) is 6.25. The van der Waals surface area contributed by atoms with Crippen LogP contribution in [0.1, 0.15) is 37.5 Å². The van der Waals surface area contributed by atoms with E-state index in [0.29, 0.717) is 6.61 Å². The van der Waals surface area contributed by atoms with Crippen LogP contribution in [0.2, 0.25) is 0 Å². The highest BCUT2D eigenvalue weighted by Gasteiger charge is 2.09. The molecule has 0 spiro atoms. The molecule has 0 unspecified atom stereocenters. The van der Waals surface area contributed by atoms with Crippen LogP contribution in [0.25, 0.3) is 0 Å². The van der Waals surface area contributed by atoms with Gasteiger partial charge >= 0.3 is 0 Å². The highest BCUT2D eigenvalue weighted by atomic mass is 16.5. The van der Waals surface area contributed by atoms with Gasteiger partial charge in [0.15, 0.2) is 0 Å². The van der Waals surface area contributed by atoms with E-state index >= 15 is 0 Å². The molecular weight excluding hydrogens is 234 g/mol. The van der Waals surface area contributed by atoms with Crippen molar-refractivity contribution < 1.29 is 4.74 Å². The van der Waals surface area contributed by atoms with Gasteiger partial charge in [-0.25, -0.2) is 0 Å². The molecule has 1 aromatic rings. The molecule has 2 heteroatoms. The van der Waals surface area contributed by atoms with Crippen molar-refractivity contribution in [2.24, 2.45) is 0 Å². The number of hydrogen-bond acceptors (Lipinski definition) is 2. The van der Waals surface area contributed by atoms with Crippen molar-refractivity contribution in [3.05, 3.63) is 41.0 Å². The molecule has 19 heavy (non-hydrogen) atoms. The van der Waals surface area contributed by atoms with Crippen LogP contribution < -0.4 is 10.1 Å². The molecule has 1 aromatic carbocycles. The SMILES string of the molecule is C=C(CNC(C)(C)C)COc1cc(C)cc(C)c1C. The fourth-order valence-corrected chi connectivity index (χ4v) is 1.77. The van der Waals surface area contributed by atoms with Gasteiger partial charge in [-0.15, -0.1) is 0 Å². The number of benzene rings is 1. The Labute approximate surface area is 117 Å². The zero-order chi connectivity index (χ0) is 14.6. The van der Waals surface area contributed by atoms with Crippen LogP contribution in [-0.4, -0.2) is 18.7 Å². The highest BCUT2D eigenvalue weighted by Crippen LogP contribution is 2.23. The van der Waals surface area contributed by atoms with Crippen molar-refractivity contribution in [3.8, 4) is 5.75 Å². The van der Waals surface area contributed by atoms with Crippen LogP contribution in [0.3, 0.4) is 0 Å². The fraction of sp³-hybridized carbons (Fsp3) is 0.529. The summed E-state index contributed by atoms with van der Waals surface area (Å²) in [6.45, 7) is 18.2. The van der Waals surface area contributed by atoms with E-state index in [2.05, 4.69) is 65.6 Å². The van der Waals surface area contributed by atoms with E-state index < -0.39 is 0 Å². The molecule has 106 valence electrons. The van der Waals surface area contributed by atoms with Crippen LogP contribution in [0.15, 0.2) is 24.3 Å². The van der Waals surface area contributed by atoms with Gasteiger partial charge in [0.1, 0.15) is 12.4 Å². The van der Waals surface area contributed by atoms with Crippen LogP contribution in [0.5, 0.6) is 5.75 Å². The molecule has 0 amide bonds. The van der Waals surface area contributed by atoms with Gasteiger partial charge in [0, 0.05) is 12.1 Å². The third-order valence-electron chi connectivity index (χ3n) is 3.06.